The average Bonchev–Trinajstić information content (AvgIpc) is 2.40. The normalized spacial score (nSPS) is 9.89. The molecule has 0 atom stereocenters. The molecule has 18 heavy (non-hydrogen) atoms. The fraction of sp³-hybridized carbons (Fsp3) is 0.0833. The molecule has 2 heterocycles. The van der Waals surface area contributed by atoms with Gasteiger partial charge in [-0.1, -0.05) is 0 Å². The summed E-state index contributed by atoms with van der Waals surface area (Å²) in [6.07, 6.45) is 4.87. The number of nitrogens with one attached hydrogen (secondary N) is 2. The van der Waals surface area contributed by atoms with E-state index in [2.05, 4.69) is 36.5 Å². The second kappa shape index (κ2) is 5.59. The molecule has 0 spiro atoms. The molecule has 2 rings (SSSR count). The molecule has 6 heteroatoms. The largest absolute Gasteiger partial charge is 0.372 e. The van der Waals surface area contributed by atoms with Crippen LogP contribution >= 0.6 is 15.9 Å². The lowest BCUT2D eigenvalue weighted by molar-refractivity contribution is 0.102. The Morgan fingerprint density at radius 1 is 1.39 bits per heavy atom. The molecule has 5 nitrogen and oxygen atoms in total. The van der Waals surface area contributed by atoms with Crippen LogP contribution in [-0.4, -0.2) is 22.9 Å². The van der Waals surface area contributed by atoms with Crippen LogP contribution in [-0.2, 0) is 0 Å². The van der Waals surface area contributed by atoms with Gasteiger partial charge < -0.3 is 10.6 Å². The first-order valence-electron chi connectivity index (χ1n) is 5.25. The van der Waals surface area contributed by atoms with Gasteiger partial charge in [0.2, 0.25) is 0 Å². The van der Waals surface area contributed by atoms with Gasteiger partial charge in [0.1, 0.15) is 5.82 Å². The summed E-state index contributed by atoms with van der Waals surface area (Å²) in [5, 5.41) is 5.64. The lowest BCUT2D eigenvalue weighted by Crippen LogP contribution is -2.15. The van der Waals surface area contributed by atoms with E-state index in [0.717, 1.165) is 4.47 Å². The van der Waals surface area contributed by atoms with Gasteiger partial charge in [0.05, 0.1) is 17.4 Å². The second-order valence-corrected chi connectivity index (χ2v) is 4.41. The summed E-state index contributed by atoms with van der Waals surface area (Å²) < 4.78 is 0.748. The summed E-state index contributed by atoms with van der Waals surface area (Å²) in [5.41, 5.74) is 1.11. The summed E-state index contributed by atoms with van der Waals surface area (Å²) in [6.45, 7) is 0. The van der Waals surface area contributed by atoms with Gasteiger partial charge in [0.25, 0.3) is 5.91 Å². The van der Waals surface area contributed by atoms with Crippen LogP contribution < -0.4 is 10.6 Å². The molecule has 0 radical (unpaired) electrons. The molecule has 92 valence electrons. The fourth-order valence-corrected chi connectivity index (χ4v) is 1.78. The Kier molecular flexibility index (Phi) is 3.88. The topological polar surface area (TPSA) is 66.9 Å². The number of anilines is 2. The number of hydrogen-bond donors (Lipinski definition) is 2. The third-order valence-electron chi connectivity index (χ3n) is 2.26. The van der Waals surface area contributed by atoms with Gasteiger partial charge >= 0.3 is 0 Å². The van der Waals surface area contributed by atoms with Gasteiger partial charge in [-0.2, -0.15) is 0 Å². The van der Waals surface area contributed by atoms with Crippen LogP contribution in [0.1, 0.15) is 10.4 Å². The van der Waals surface area contributed by atoms with Gasteiger partial charge in [-0.15, -0.1) is 0 Å². The maximum Gasteiger partial charge on any atom is 0.259 e. The first kappa shape index (κ1) is 12.5. The average molecular weight is 307 g/mol. The highest BCUT2D eigenvalue weighted by Crippen LogP contribution is 2.19. The zero-order valence-corrected chi connectivity index (χ0v) is 11.2. The summed E-state index contributed by atoms with van der Waals surface area (Å²) >= 11 is 3.30. The van der Waals surface area contributed by atoms with Crippen molar-refractivity contribution in [3.63, 3.8) is 0 Å². The molecular formula is C12H11BrN4O. The Morgan fingerprint density at radius 3 is 2.89 bits per heavy atom. The molecule has 0 unspecified atom stereocenters. The first-order valence-corrected chi connectivity index (χ1v) is 6.04. The van der Waals surface area contributed by atoms with E-state index in [1.165, 1.54) is 0 Å². The van der Waals surface area contributed by atoms with Gasteiger partial charge in [-0.25, -0.2) is 4.98 Å². The highest BCUT2D eigenvalue weighted by atomic mass is 79.9. The Bertz CT molecular complexity index is 559. The summed E-state index contributed by atoms with van der Waals surface area (Å²) in [6, 6.07) is 5.24. The standard InChI is InChI=1S/C12H11BrN4O/c1-14-11-10(5-8(13)6-16-11)12(18)17-9-3-2-4-15-7-9/h2-7H,1H3,(H,14,16)(H,17,18). The predicted molar refractivity (Wildman–Crippen MR) is 73.7 cm³/mol. The Hall–Kier alpha value is -1.95. The minimum atomic E-state index is -0.235. The minimum absolute atomic E-state index is 0.235. The molecule has 0 saturated carbocycles. The molecular weight excluding hydrogens is 296 g/mol. The van der Waals surface area contributed by atoms with Crippen molar-refractivity contribution in [1.82, 2.24) is 9.97 Å². The maximum absolute atomic E-state index is 12.1. The van der Waals surface area contributed by atoms with Gasteiger partial charge in [-0.05, 0) is 34.1 Å². The van der Waals surface area contributed by atoms with Crippen molar-refractivity contribution < 1.29 is 4.79 Å². The van der Waals surface area contributed by atoms with Gasteiger partial charge in [0.15, 0.2) is 0 Å². The van der Waals surface area contributed by atoms with E-state index in [1.807, 2.05) is 0 Å². The van der Waals surface area contributed by atoms with Crippen molar-refractivity contribution in [3.05, 3.63) is 46.8 Å². The van der Waals surface area contributed by atoms with E-state index >= 15 is 0 Å². The highest BCUT2D eigenvalue weighted by Gasteiger charge is 2.12. The summed E-state index contributed by atoms with van der Waals surface area (Å²) in [7, 11) is 1.72. The van der Waals surface area contributed by atoms with E-state index in [0.29, 0.717) is 17.1 Å². The van der Waals surface area contributed by atoms with Crippen LogP contribution in [0.4, 0.5) is 11.5 Å². The number of carbonyl (C=O) groups excluding carboxylic acids is 1. The van der Waals surface area contributed by atoms with Crippen LogP contribution in [0.25, 0.3) is 0 Å². The smallest absolute Gasteiger partial charge is 0.259 e. The Labute approximate surface area is 113 Å². The zero-order valence-electron chi connectivity index (χ0n) is 9.64. The second-order valence-electron chi connectivity index (χ2n) is 3.50. The van der Waals surface area contributed by atoms with Gasteiger partial charge in [0, 0.05) is 23.9 Å². The molecule has 2 aromatic heterocycles. The number of nitrogens with zero attached hydrogens (tertiary/aromatic N) is 2. The Balaban J connectivity index is 2.26. The molecule has 0 aliphatic heterocycles. The minimum Gasteiger partial charge on any atom is -0.372 e. The third kappa shape index (κ3) is 2.84. The molecule has 2 N–H and O–H groups in total. The van der Waals surface area contributed by atoms with Crippen molar-refractivity contribution in [2.75, 3.05) is 17.7 Å². The van der Waals surface area contributed by atoms with Crippen molar-refractivity contribution in [2.45, 2.75) is 0 Å². The van der Waals surface area contributed by atoms with Crippen molar-refractivity contribution in [3.8, 4) is 0 Å². The lowest BCUT2D eigenvalue weighted by atomic mass is 10.2. The number of aromatic nitrogens is 2. The van der Waals surface area contributed by atoms with Crippen molar-refractivity contribution >= 4 is 33.3 Å². The number of hydrogen-bond acceptors (Lipinski definition) is 4. The SMILES string of the molecule is CNc1ncc(Br)cc1C(=O)Nc1cccnc1. The van der Waals surface area contributed by atoms with Crippen LogP contribution in [0, 0.1) is 0 Å². The Morgan fingerprint density at radius 2 is 2.22 bits per heavy atom. The van der Waals surface area contributed by atoms with Crippen molar-refractivity contribution in [2.24, 2.45) is 0 Å². The van der Waals surface area contributed by atoms with Crippen molar-refractivity contribution in [1.29, 1.82) is 0 Å². The number of rotatable bonds is 3. The monoisotopic (exact) mass is 306 g/mol. The van der Waals surface area contributed by atoms with E-state index in [4.69, 9.17) is 0 Å². The molecule has 0 fully saturated rings. The highest BCUT2D eigenvalue weighted by molar-refractivity contribution is 9.10. The third-order valence-corrected chi connectivity index (χ3v) is 2.69. The van der Waals surface area contributed by atoms with Crippen LogP contribution in [0.3, 0.4) is 0 Å². The summed E-state index contributed by atoms with van der Waals surface area (Å²) in [5.74, 6) is 0.292. The molecule has 0 aliphatic carbocycles. The van der Waals surface area contributed by atoms with Crippen LogP contribution in [0.5, 0.6) is 0 Å². The quantitative estimate of drug-likeness (QED) is 0.914. The fourth-order valence-electron chi connectivity index (χ4n) is 1.45. The molecule has 0 aromatic carbocycles. The molecule has 2 aromatic rings. The van der Waals surface area contributed by atoms with E-state index in [9.17, 15) is 4.79 Å². The first-order chi connectivity index (χ1) is 8.70. The van der Waals surface area contributed by atoms with E-state index < -0.39 is 0 Å². The number of amides is 1. The van der Waals surface area contributed by atoms with E-state index in [1.54, 1.807) is 43.8 Å². The maximum atomic E-state index is 12.1. The summed E-state index contributed by atoms with van der Waals surface area (Å²) in [4.78, 5) is 20.2. The zero-order chi connectivity index (χ0) is 13.0. The predicted octanol–water partition coefficient (Wildman–Crippen LogP) is 2.53. The molecule has 1 amide bonds. The molecule has 0 saturated heterocycles. The van der Waals surface area contributed by atoms with E-state index in [-0.39, 0.29) is 5.91 Å². The van der Waals surface area contributed by atoms with Gasteiger partial charge in [-0.3, -0.25) is 9.78 Å². The lowest BCUT2D eigenvalue weighted by Gasteiger charge is -2.09. The number of halogens is 1. The number of pyridine rings is 2. The molecule has 0 aliphatic rings. The van der Waals surface area contributed by atoms with Crippen LogP contribution in [0.2, 0.25) is 0 Å². The number of carbonyl (C=O) groups is 1. The van der Waals surface area contributed by atoms with Crippen LogP contribution in [0.15, 0.2) is 41.3 Å². The molecule has 0 bridgehead atoms.